The molecule has 1 aliphatic heterocycles. The lowest BCUT2D eigenvalue weighted by Gasteiger charge is -2.14. The molecule has 1 fully saturated rings. The van der Waals surface area contributed by atoms with Crippen LogP contribution in [0.5, 0.6) is 0 Å². The first-order valence-electron chi connectivity index (χ1n) is 5.55. The first kappa shape index (κ1) is 12.8. The Balaban J connectivity index is 2.19. The van der Waals surface area contributed by atoms with E-state index in [-0.39, 0.29) is 11.6 Å². The standard InChI is InChI=1S/C11H16IN3O2/c1-17-5-6-2-3-9(14-6)7-4-8(12)10(13)15-11(7)16/h4,6,9,14H,2-3,5H2,1H3,(H3,13,15,16)/t6-,9+/m0/s1. The largest absolute Gasteiger partial charge is 0.384 e. The maximum Gasteiger partial charge on any atom is 0.254 e. The molecule has 0 aliphatic carbocycles. The second kappa shape index (κ2) is 5.36. The van der Waals surface area contributed by atoms with Crippen molar-refractivity contribution in [3.8, 4) is 0 Å². The highest BCUT2D eigenvalue weighted by atomic mass is 127. The van der Waals surface area contributed by atoms with Crippen LogP contribution in [0.4, 0.5) is 5.82 Å². The normalized spacial score (nSPS) is 24.1. The first-order chi connectivity index (χ1) is 8.11. The molecule has 0 spiro atoms. The molecule has 0 amide bonds. The molecular weight excluding hydrogens is 333 g/mol. The van der Waals surface area contributed by atoms with Gasteiger partial charge in [-0.2, -0.15) is 0 Å². The van der Waals surface area contributed by atoms with Crippen LogP contribution in [0.1, 0.15) is 24.4 Å². The van der Waals surface area contributed by atoms with Gasteiger partial charge in [-0.1, -0.05) is 0 Å². The van der Waals surface area contributed by atoms with Crippen LogP contribution in [0.15, 0.2) is 10.9 Å². The molecule has 1 aromatic heterocycles. The number of H-pyrrole nitrogens is 1. The van der Waals surface area contributed by atoms with Gasteiger partial charge in [-0.25, -0.2) is 0 Å². The van der Waals surface area contributed by atoms with E-state index in [0.29, 0.717) is 18.5 Å². The van der Waals surface area contributed by atoms with E-state index in [1.807, 2.05) is 6.07 Å². The van der Waals surface area contributed by atoms with Gasteiger partial charge in [-0.05, 0) is 41.5 Å². The number of aromatic amines is 1. The molecule has 17 heavy (non-hydrogen) atoms. The van der Waals surface area contributed by atoms with Crippen LogP contribution in [0.2, 0.25) is 0 Å². The van der Waals surface area contributed by atoms with Crippen molar-refractivity contribution in [2.75, 3.05) is 19.5 Å². The van der Waals surface area contributed by atoms with Gasteiger partial charge in [0.1, 0.15) is 5.82 Å². The van der Waals surface area contributed by atoms with Crippen LogP contribution in [-0.2, 0) is 4.74 Å². The Kier molecular flexibility index (Phi) is 4.05. The number of halogens is 1. The van der Waals surface area contributed by atoms with E-state index in [9.17, 15) is 4.79 Å². The van der Waals surface area contributed by atoms with Crippen molar-refractivity contribution in [2.24, 2.45) is 0 Å². The van der Waals surface area contributed by atoms with E-state index < -0.39 is 0 Å². The van der Waals surface area contributed by atoms with Crippen LogP contribution < -0.4 is 16.6 Å². The van der Waals surface area contributed by atoms with Crippen molar-refractivity contribution < 1.29 is 4.74 Å². The predicted molar refractivity (Wildman–Crippen MR) is 75.0 cm³/mol. The molecule has 0 aromatic carbocycles. The van der Waals surface area contributed by atoms with E-state index in [1.165, 1.54) is 0 Å². The summed E-state index contributed by atoms with van der Waals surface area (Å²) in [5, 5.41) is 3.41. The molecule has 94 valence electrons. The van der Waals surface area contributed by atoms with Crippen LogP contribution in [0.3, 0.4) is 0 Å². The second-order valence-corrected chi connectivity index (χ2v) is 5.43. The van der Waals surface area contributed by atoms with Gasteiger partial charge >= 0.3 is 0 Å². The number of anilines is 1. The van der Waals surface area contributed by atoms with Gasteiger partial charge in [0.15, 0.2) is 0 Å². The first-order valence-corrected chi connectivity index (χ1v) is 6.63. The average molecular weight is 349 g/mol. The third kappa shape index (κ3) is 2.80. The summed E-state index contributed by atoms with van der Waals surface area (Å²) in [6.07, 6.45) is 1.98. The van der Waals surface area contributed by atoms with Crippen LogP contribution in [0.25, 0.3) is 0 Å². The number of nitrogen functional groups attached to an aromatic ring is 1. The third-order valence-corrected chi connectivity index (χ3v) is 3.93. The van der Waals surface area contributed by atoms with Crippen molar-refractivity contribution >= 4 is 28.4 Å². The number of nitrogens with one attached hydrogen (secondary N) is 2. The number of methoxy groups -OCH3 is 1. The van der Waals surface area contributed by atoms with Crippen LogP contribution >= 0.6 is 22.6 Å². The highest BCUT2D eigenvalue weighted by Gasteiger charge is 2.26. The van der Waals surface area contributed by atoms with Crippen molar-refractivity contribution in [1.29, 1.82) is 0 Å². The summed E-state index contributed by atoms with van der Waals surface area (Å²) in [6, 6.07) is 2.30. The minimum Gasteiger partial charge on any atom is -0.384 e. The average Bonchev–Trinajstić information content (AvgIpc) is 2.72. The second-order valence-electron chi connectivity index (χ2n) is 4.26. The van der Waals surface area contributed by atoms with Crippen molar-refractivity contribution in [1.82, 2.24) is 10.3 Å². The Morgan fingerprint density at radius 1 is 1.59 bits per heavy atom. The quantitative estimate of drug-likeness (QED) is 0.712. The number of hydrogen-bond donors (Lipinski definition) is 3. The Hall–Kier alpha value is -0.600. The van der Waals surface area contributed by atoms with Crippen LogP contribution in [0, 0.1) is 3.57 Å². The van der Waals surface area contributed by atoms with Crippen molar-refractivity contribution in [3.05, 3.63) is 25.6 Å². The molecule has 0 unspecified atom stereocenters. The summed E-state index contributed by atoms with van der Waals surface area (Å²) in [4.78, 5) is 14.5. The fourth-order valence-corrected chi connectivity index (χ4v) is 2.66. The Bertz CT molecular complexity index is 461. The van der Waals surface area contributed by atoms with Gasteiger partial charge < -0.3 is 20.8 Å². The minimum atomic E-state index is -0.0986. The molecule has 1 aliphatic rings. The maximum atomic E-state index is 11.8. The number of rotatable bonds is 3. The fraction of sp³-hybridized carbons (Fsp3) is 0.545. The molecule has 1 saturated heterocycles. The molecule has 0 bridgehead atoms. The van der Waals surface area contributed by atoms with Gasteiger partial charge in [-0.3, -0.25) is 4.79 Å². The number of pyridine rings is 1. The van der Waals surface area contributed by atoms with E-state index in [2.05, 4.69) is 32.9 Å². The Morgan fingerprint density at radius 3 is 3.06 bits per heavy atom. The van der Waals surface area contributed by atoms with E-state index in [0.717, 1.165) is 22.0 Å². The summed E-state index contributed by atoms with van der Waals surface area (Å²) >= 11 is 2.13. The van der Waals surface area contributed by atoms with E-state index in [4.69, 9.17) is 10.5 Å². The Labute approximate surface area is 113 Å². The maximum absolute atomic E-state index is 11.8. The highest BCUT2D eigenvalue weighted by Crippen LogP contribution is 2.26. The molecule has 1 aromatic rings. The van der Waals surface area contributed by atoms with Crippen LogP contribution in [-0.4, -0.2) is 24.7 Å². The number of hydrogen-bond acceptors (Lipinski definition) is 4. The monoisotopic (exact) mass is 349 g/mol. The lowest BCUT2D eigenvalue weighted by atomic mass is 10.1. The fourth-order valence-electron chi connectivity index (χ4n) is 2.19. The molecule has 4 N–H and O–H groups in total. The van der Waals surface area contributed by atoms with E-state index >= 15 is 0 Å². The highest BCUT2D eigenvalue weighted by molar-refractivity contribution is 14.1. The summed E-state index contributed by atoms with van der Waals surface area (Å²) in [5.74, 6) is 0.436. The molecule has 6 heteroatoms. The summed E-state index contributed by atoms with van der Waals surface area (Å²) in [5.41, 5.74) is 6.33. The topological polar surface area (TPSA) is 80.1 Å². The molecule has 2 heterocycles. The lowest BCUT2D eigenvalue weighted by Crippen LogP contribution is -2.31. The van der Waals surface area contributed by atoms with Gasteiger partial charge in [0.25, 0.3) is 5.56 Å². The number of aromatic nitrogens is 1. The molecule has 0 radical (unpaired) electrons. The molecule has 5 nitrogen and oxygen atoms in total. The number of nitrogens with two attached hydrogens (primary N) is 1. The van der Waals surface area contributed by atoms with Gasteiger partial charge in [0, 0.05) is 24.8 Å². The van der Waals surface area contributed by atoms with Crippen molar-refractivity contribution in [3.63, 3.8) is 0 Å². The minimum absolute atomic E-state index is 0.0986. The zero-order valence-electron chi connectivity index (χ0n) is 9.63. The molecule has 2 atom stereocenters. The van der Waals surface area contributed by atoms with Gasteiger partial charge in [0.05, 0.1) is 10.2 Å². The molecule has 2 rings (SSSR count). The lowest BCUT2D eigenvalue weighted by molar-refractivity contribution is 0.171. The SMILES string of the molecule is COC[C@@H]1CC[C@H](c2cc(I)c(N)[nH]c2=O)N1. The van der Waals surface area contributed by atoms with Gasteiger partial charge in [0.2, 0.25) is 0 Å². The Morgan fingerprint density at radius 2 is 2.35 bits per heavy atom. The summed E-state index contributed by atoms with van der Waals surface area (Å²) in [6.45, 7) is 0.681. The van der Waals surface area contributed by atoms with Crippen molar-refractivity contribution in [2.45, 2.75) is 24.9 Å². The number of ether oxygens (including phenoxy) is 1. The van der Waals surface area contributed by atoms with E-state index in [1.54, 1.807) is 7.11 Å². The molecular formula is C11H16IN3O2. The third-order valence-electron chi connectivity index (χ3n) is 3.03. The van der Waals surface area contributed by atoms with Gasteiger partial charge in [-0.15, -0.1) is 0 Å². The zero-order chi connectivity index (χ0) is 12.4. The summed E-state index contributed by atoms with van der Waals surface area (Å²) < 4.78 is 6.00. The summed E-state index contributed by atoms with van der Waals surface area (Å²) in [7, 11) is 1.69. The smallest absolute Gasteiger partial charge is 0.254 e. The predicted octanol–water partition coefficient (Wildman–Crippen LogP) is 1.00. The molecule has 0 saturated carbocycles. The zero-order valence-corrected chi connectivity index (χ0v) is 11.8.